The fourth-order valence-corrected chi connectivity index (χ4v) is 4.48. The lowest BCUT2D eigenvalue weighted by Crippen LogP contribution is -2.56. The maximum Gasteiger partial charge on any atom is 0.501 e. The summed E-state index contributed by atoms with van der Waals surface area (Å²) >= 11 is 0. The van der Waals surface area contributed by atoms with Crippen molar-refractivity contribution in [3.63, 3.8) is 0 Å². The number of alkyl halides is 3. The quantitative estimate of drug-likeness (QED) is 0.564. The largest absolute Gasteiger partial charge is 0.501 e. The van der Waals surface area contributed by atoms with Crippen LogP contribution in [0, 0.1) is 5.92 Å². The van der Waals surface area contributed by atoms with E-state index < -0.39 is 38.1 Å². The molecule has 0 spiro atoms. The first-order valence-electron chi connectivity index (χ1n) is 9.87. The first kappa shape index (κ1) is 22.7. The molecule has 33 heavy (non-hydrogen) atoms. The van der Waals surface area contributed by atoms with Crippen LogP contribution in [0.25, 0.3) is 10.9 Å². The molecule has 1 atom stereocenters. The van der Waals surface area contributed by atoms with Crippen molar-refractivity contribution < 1.29 is 31.2 Å². The summed E-state index contributed by atoms with van der Waals surface area (Å²) in [4.78, 5) is 31.6. The second kappa shape index (κ2) is 8.14. The van der Waals surface area contributed by atoms with Gasteiger partial charge in [-0.25, -0.2) is 18.1 Å². The number of anilines is 1. The summed E-state index contributed by atoms with van der Waals surface area (Å²) in [6, 6.07) is 12.0. The highest BCUT2D eigenvalue weighted by Crippen LogP contribution is 2.32. The lowest BCUT2D eigenvalue weighted by molar-refractivity contribution is -0.122. The van der Waals surface area contributed by atoms with Crippen molar-refractivity contribution in [1.29, 1.82) is 0 Å². The molecular weight excluding hydrogens is 459 g/mol. The maximum absolute atomic E-state index is 13.2. The van der Waals surface area contributed by atoms with Crippen molar-refractivity contribution >= 4 is 38.4 Å². The number of fused-ring (bicyclic) bond motifs is 1. The Morgan fingerprint density at radius 3 is 2.36 bits per heavy atom. The zero-order valence-electron chi connectivity index (χ0n) is 17.3. The highest BCUT2D eigenvalue weighted by atomic mass is 32.2. The second-order valence-electron chi connectivity index (χ2n) is 7.67. The van der Waals surface area contributed by atoms with Crippen LogP contribution >= 0.6 is 0 Å². The van der Waals surface area contributed by atoms with Gasteiger partial charge in [0.05, 0.1) is 22.0 Å². The monoisotopic (exact) mass is 477 g/mol. The second-order valence-corrected chi connectivity index (χ2v) is 9.61. The van der Waals surface area contributed by atoms with Gasteiger partial charge in [0, 0.05) is 24.7 Å². The van der Waals surface area contributed by atoms with E-state index in [4.69, 9.17) is 0 Å². The third-order valence-corrected chi connectivity index (χ3v) is 6.91. The summed E-state index contributed by atoms with van der Waals surface area (Å²) in [6.07, 6.45) is 1.62. The van der Waals surface area contributed by atoms with Gasteiger partial charge in [0.2, 0.25) is 5.91 Å². The van der Waals surface area contributed by atoms with Gasteiger partial charge >= 0.3 is 11.5 Å². The molecule has 1 fully saturated rings. The topological polar surface area (TPSA) is 87.7 Å². The van der Waals surface area contributed by atoms with E-state index in [1.807, 2.05) is 24.3 Å². The minimum absolute atomic E-state index is 0.0118. The van der Waals surface area contributed by atoms with E-state index in [-0.39, 0.29) is 18.8 Å². The van der Waals surface area contributed by atoms with E-state index in [9.17, 15) is 31.2 Å². The van der Waals surface area contributed by atoms with Gasteiger partial charge in [-0.2, -0.15) is 13.2 Å². The number of urea groups is 1. The number of rotatable bonds is 4. The number of hydrogen-bond acceptors (Lipinski definition) is 5. The molecular formula is C22H18F3N3O4S. The summed E-state index contributed by atoms with van der Waals surface area (Å²) in [7, 11) is -5.54. The lowest BCUT2D eigenvalue weighted by atomic mass is 10.0. The van der Waals surface area contributed by atoms with Gasteiger partial charge in [0.15, 0.2) is 0 Å². The van der Waals surface area contributed by atoms with Gasteiger partial charge in [-0.3, -0.25) is 9.78 Å². The maximum atomic E-state index is 13.2. The van der Waals surface area contributed by atoms with E-state index in [0.717, 1.165) is 45.6 Å². The number of hydrogen-bond donors (Lipinski definition) is 0. The normalized spacial score (nSPS) is 17.6. The van der Waals surface area contributed by atoms with E-state index in [0.29, 0.717) is 0 Å². The fraction of sp³-hybridized carbons (Fsp3) is 0.227. The Kier molecular flexibility index (Phi) is 5.61. The molecule has 0 bridgehead atoms. The third-order valence-electron chi connectivity index (χ3n) is 5.41. The van der Waals surface area contributed by atoms with Crippen molar-refractivity contribution in [3.8, 4) is 0 Å². The van der Waals surface area contributed by atoms with Crippen molar-refractivity contribution in [2.45, 2.75) is 23.9 Å². The van der Waals surface area contributed by atoms with Crippen molar-refractivity contribution in [2.24, 2.45) is 5.92 Å². The number of para-hydroxylation sites is 1. The van der Waals surface area contributed by atoms with Crippen LogP contribution in [-0.4, -0.2) is 42.3 Å². The summed E-state index contributed by atoms with van der Waals surface area (Å²) in [6.45, 7) is 1.99. The average Bonchev–Trinajstić information content (AvgIpc) is 2.77. The van der Waals surface area contributed by atoms with Crippen LogP contribution in [0.4, 0.5) is 23.7 Å². The molecule has 1 aliphatic rings. The molecule has 7 nitrogen and oxygen atoms in total. The van der Waals surface area contributed by atoms with Crippen molar-refractivity contribution in [1.82, 2.24) is 9.88 Å². The molecule has 1 aliphatic heterocycles. The molecule has 1 saturated heterocycles. The minimum Gasteiger partial charge on any atom is -0.319 e. The summed E-state index contributed by atoms with van der Waals surface area (Å²) < 4.78 is 61.6. The number of sulfone groups is 1. The first-order valence-corrected chi connectivity index (χ1v) is 11.4. The fourth-order valence-electron chi connectivity index (χ4n) is 3.72. The molecule has 0 N–H and O–H groups in total. The molecule has 0 saturated carbocycles. The Hall–Kier alpha value is -3.47. The molecule has 1 aromatic heterocycles. The summed E-state index contributed by atoms with van der Waals surface area (Å²) in [5, 5.41) is 0.852. The van der Waals surface area contributed by atoms with Crippen LogP contribution in [0.15, 0.2) is 65.7 Å². The zero-order chi connectivity index (χ0) is 24.0. The standard InChI is InChI=1S/C22H18F3N3O4S/c1-14-12-27(13-15-10-11-26-19-5-3-2-4-18(15)19)21(30)28(20(14)29)16-6-8-17(9-7-16)33(31,32)22(23,24)25/h2-11,14H,12-13H2,1H3. The number of halogens is 3. The number of amides is 3. The van der Waals surface area contributed by atoms with Gasteiger partial charge in [0.1, 0.15) is 0 Å². The molecule has 2 aromatic carbocycles. The van der Waals surface area contributed by atoms with Crippen LogP contribution in [-0.2, 0) is 21.2 Å². The number of benzene rings is 2. The van der Waals surface area contributed by atoms with Gasteiger partial charge in [-0.05, 0) is 42.0 Å². The number of aromatic nitrogens is 1. The number of imide groups is 1. The van der Waals surface area contributed by atoms with Crippen LogP contribution in [0.2, 0.25) is 0 Å². The summed E-state index contributed by atoms with van der Waals surface area (Å²) in [5.74, 6) is -1.10. The molecule has 0 radical (unpaired) electrons. The minimum atomic E-state index is -5.54. The molecule has 3 amide bonds. The predicted molar refractivity (Wildman–Crippen MR) is 114 cm³/mol. The Morgan fingerprint density at radius 1 is 1.03 bits per heavy atom. The number of carbonyl (C=O) groups is 2. The number of pyridine rings is 1. The van der Waals surface area contributed by atoms with E-state index >= 15 is 0 Å². The summed E-state index contributed by atoms with van der Waals surface area (Å²) in [5.41, 5.74) is -3.89. The van der Waals surface area contributed by atoms with Crippen molar-refractivity contribution in [2.75, 3.05) is 11.4 Å². The molecule has 4 rings (SSSR count). The van der Waals surface area contributed by atoms with Crippen LogP contribution < -0.4 is 4.90 Å². The average molecular weight is 477 g/mol. The Labute approximate surface area is 187 Å². The number of carbonyl (C=O) groups excluding carboxylic acids is 2. The zero-order valence-corrected chi connectivity index (χ0v) is 18.1. The predicted octanol–water partition coefficient (Wildman–Crippen LogP) is 4.13. The van der Waals surface area contributed by atoms with Crippen LogP contribution in [0.5, 0.6) is 0 Å². The Balaban J connectivity index is 1.65. The van der Waals surface area contributed by atoms with Gasteiger partial charge in [-0.15, -0.1) is 0 Å². The first-order chi connectivity index (χ1) is 15.5. The molecule has 1 unspecified atom stereocenters. The van der Waals surface area contributed by atoms with Gasteiger partial charge in [-0.1, -0.05) is 25.1 Å². The van der Waals surface area contributed by atoms with Gasteiger partial charge in [0.25, 0.3) is 9.84 Å². The SMILES string of the molecule is CC1CN(Cc2ccnc3ccccc23)C(=O)N(c2ccc(S(=O)(=O)C(F)(F)F)cc2)C1=O. The molecule has 0 aliphatic carbocycles. The van der Waals surface area contributed by atoms with Crippen LogP contribution in [0.1, 0.15) is 12.5 Å². The smallest absolute Gasteiger partial charge is 0.319 e. The number of nitrogens with zero attached hydrogens (tertiary/aromatic N) is 3. The van der Waals surface area contributed by atoms with Crippen molar-refractivity contribution in [3.05, 3.63) is 66.4 Å². The Bertz CT molecular complexity index is 1340. The molecule has 11 heteroatoms. The van der Waals surface area contributed by atoms with Crippen LogP contribution in [0.3, 0.4) is 0 Å². The van der Waals surface area contributed by atoms with E-state index in [2.05, 4.69) is 4.98 Å². The lowest BCUT2D eigenvalue weighted by Gasteiger charge is -2.37. The Morgan fingerprint density at radius 2 is 1.70 bits per heavy atom. The third kappa shape index (κ3) is 4.04. The van der Waals surface area contributed by atoms with Gasteiger partial charge < -0.3 is 4.90 Å². The molecule has 2 heterocycles. The molecule has 3 aromatic rings. The van der Waals surface area contributed by atoms with E-state index in [1.54, 1.807) is 19.2 Å². The van der Waals surface area contributed by atoms with E-state index in [1.165, 1.54) is 4.90 Å². The molecule has 172 valence electrons. The highest BCUT2D eigenvalue weighted by Gasteiger charge is 2.47. The highest BCUT2D eigenvalue weighted by molar-refractivity contribution is 7.92.